The summed E-state index contributed by atoms with van der Waals surface area (Å²) in [5, 5.41) is 9.83. The van der Waals surface area contributed by atoms with Gasteiger partial charge in [0.15, 0.2) is 0 Å². The normalized spacial score (nSPS) is 15.8. The molecular formula is C15H21NO3. The van der Waals surface area contributed by atoms with Crippen molar-refractivity contribution >= 4 is 11.7 Å². The average Bonchev–Trinajstić information content (AvgIpc) is 2.46. The van der Waals surface area contributed by atoms with Crippen LogP contribution < -0.4 is 4.90 Å². The van der Waals surface area contributed by atoms with Crippen molar-refractivity contribution in [2.24, 2.45) is 0 Å². The van der Waals surface area contributed by atoms with Crippen molar-refractivity contribution in [1.82, 2.24) is 0 Å². The van der Waals surface area contributed by atoms with E-state index >= 15 is 0 Å². The smallest absolute Gasteiger partial charge is 0.338 e. The Bertz CT molecular complexity index is 459. The van der Waals surface area contributed by atoms with Gasteiger partial charge in [0, 0.05) is 18.8 Å². The number of nitrogens with zero attached hydrogens (tertiary/aromatic N) is 1. The number of carbonyl (C=O) groups is 1. The van der Waals surface area contributed by atoms with Crippen LogP contribution in [0.1, 0.15) is 35.7 Å². The van der Waals surface area contributed by atoms with Gasteiger partial charge in [-0.1, -0.05) is 13.0 Å². The molecule has 1 atom stereocenters. The van der Waals surface area contributed by atoms with Crippen molar-refractivity contribution in [1.29, 1.82) is 0 Å². The molecule has 1 N–H and O–H groups in total. The van der Waals surface area contributed by atoms with Gasteiger partial charge in [0.05, 0.1) is 18.8 Å². The molecule has 0 fully saturated rings. The van der Waals surface area contributed by atoms with Crippen molar-refractivity contribution in [3.05, 3.63) is 29.3 Å². The summed E-state index contributed by atoms with van der Waals surface area (Å²) in [5.41, 5.74) is 2.75. The van der Waals surface area contributed by atoms with Gasteiger partial charge in [0.25, 0.3) is 0 Å². The van der Waals surface area contributed by atoms with Crippen molar-refractivity contribution in [3.8, 4) is 0 Å². The van der Waals surface area contributed by atoms with Crippen LogP contribution in [0.3, 0.4) is 0 Å². The van der Waals surface area contributed by atoms with Crippen LogP contribution in [0.5, 0.6) is 0 Å². The summed E-state index contributed by atoms with van der Waals surface area (Å²) in [6.45, 7) is 3.52. The van der Waals surface area contributed by atoms with Crippen LogP contribution in [0.25, 0.3) is 0 Å². The maximum absolute atomic E-state index is 11.8. The van der Waals surface area contributed by atoms with E-state index in [0.29, 0.717) is 12.1 Å². The van der Waals surface area contributed by atoms with E-state index in [2.05, 4.69) is 4.90 Å². The first-order valence-corrected chi connectivity index (χ1v) is 6.80. The molecule has 0 radical (unpaired) electrons. The summed E-state index contributed by atoms with van der Waals surface area (Å²) in [4.78, 5) is 13.9. The molecule has 0 saturated heterocycles. The van der Waals surface area contributed by atoms with Gasteiger partial charge >= 0.3 is 5.97 Å². The Hall–Kier alpha value is -1.55. The molecule has 104 valence electrons. The highest BCUT2D eigenvalue weighted by Gasteiger charge is 2.23. The maximum Gasteiger partial charge on any atom is 0.338 e. The Morgan fingerprint density at radius 1 is 1.53 bits per heavy atom. The molecule has 0 spiro atoms. The monoisotopic (exact) mass is 263 g/mol. The molecule has 0 bridgehead atoms. The van der Waals surface area contributed by atoms with Gasteiger partial charge in [0.1, 0.15) is 0 Å². The second-order valence-corrected chi connectivity index (χ2v) is 4.91. The van der Waals surface area contributed by atoms with Crippen LogP contribution in [0.4, 0.5) is 5.69 Å². The van der Waals surface area contributed by atoms with E-state index in [1.807, 2.05) is 25.1 Å². The number of aliphatic hydroxyl groups is 1. The first kappa shape index (κ1) is 13.9. The number of methoxy groups -OCH3 is 1. The predicted molar refractivity (Wildman–Crippen MR) is 74.6 cm³/mol. The fourth-order valence-electron chi connectivity index (χ4n) is 2.58. The number of aliphatic hydroxyl groups excluding tert-OH is 1. The number of fused-ring (bicyclic) bond motifs is 1. The first-order valence-electron chi connectivity index (χ1n) is 6.80. The fraction of sp³-hybridized carbons (Fsp3) is 0.533. The second-order valence-electron chi connectivity index (χ2n) is 4.91. The van der Waals surface area contributed by atoms with Crippen molar-refractivity contribution < 1.29 is 14.6 Å². The Labute approximate surface area is 114 Å². The Morgan fingerprint density at radius 3 is 3.00 bits per heavy atom. The second kappa shape index (κ2) is 6.06. The Balaban J connectivity index is 2.32. The number of hydrogen-bond acceptors (Lipinski definition) is 4. The number of hydrogen-bond donors (Lipinski definition) is 1. The molecule has 0 unspecified atom stereocenters. The molecule has 0 aliphatic carbocycles. The maximum atomic E-state index is 11.8. The summed E-state index contributed by atoms with van der Waals surface area (Å²) in [7, 11) is 1.41. The van der Waals surface area contributed by atoms with Gasteiger partial charge in [-0.05, 0) is 37.0 Å². The average molecular weight is 263 g/mol. The van der Waals surface area contributed by atoms with Crippen LogP contribution in [0.2, 0.25) is 0 Å². The molecule has 2 rings (SSSR count). The highest BCUT2D eigenvalue weighted by molar-refractivity contribution is 5.93. The third-order valence-electron chi connectivity index (χ3n) is 3.65. The minimum Gasteiger partial charge on any atom is -0.465 e. The molecule has 1 aliphatic rings. The highest BCUT2D eigenvalue weighted by Crippen LogP contribution is 2.30. The lowest BCUT2D eigenvalue weighted by atomic mass is 9.96. The number of β-amino-alcohol motifs (C(OH)–C–C–N with tert-alkyl or cyclic N) is 1. The standard InChI is InChI=1S/C15H21NO3/c1-3-11(17)10-16-9-5-7-12-13(15(18)19-2)6-4-8-14(12)16/h4,6,8,11,17H,3,5,7,9-10H2,1-2H3/t11-/m1/s1. The molecule has 4 heteroatoms. The molecular weight excluding hydrogens is 242 g/mol. The number of esters is 1. The lowest BCUT2D eigenvalue weighted by Crippen LogP contribution is -2.36. The van der Waals surface area contributed by atoms with Gasteiger partial charge in [0.2, 0.25) is 0 Å². The molecule has 1 aromatic rings. The highest BCUT2D eigenvalue weighted by atomic mass is 16.5. The zero-order valence-corrected chi connectivity index (χ0v) is 11.6. The quantitative estimate of drug-likeness (QED) is 0.844. The Morgan fingerprint density at radius 2 is 2.32 bits per heavy atom. The summed E-state index contributed by atoms with van der Waals surface area (Å²) < 4.78 is 4.83. The van der Waals surface area contributed by atoms with E-state index in [1.165, 1.54) is 7.11 Å². The largest absolute Gasteiger partial charge is 0.465 e. The predicted octanol–water partition coefficient (Wildman–Crippen LogP) is 2.00. The van der Waals surface area contributed by atoms with E-state index in [-0.39, 0.29) is 12.1 Å². The molecule has 1 aliphatic heterocycles. The SMILES string of the molecule is CC[C@@H](O)CN1CCCc2c(C(=O)OC)cccc21. The van der Waals surface area contributed by atoms with E-state index in [0.717, 1.165) is 37.1 Å². The molecule has 1 aromatic carbocycles. The Kier molecular flexibility index (Phi) is 4.43. The first-order chi connectivity index (χ1) is 9.17. The number of ether oxygens (including phenoxy) is 1. The van der Waals surface area contributed by atoms with Crippen molar-refractivity contribution in [2.75, 3.05) is 25.1 Å². The third kappa shape index (κ3) is 2.89. The van der Waals surface area contributed by atoms with Gasteiger partial charge in [-0.25, -0.2) is 4.79 Å². The van der Waals surface area contributed by atoms with Crippen LogP contribution in [-0.4, -0.2) is 37.4 Å². The summed E-state index contributed by atoms with van der Waals surface area (Å²) in [6.07, 6.45) is 2.30. The molecule has 1 heterocycles. The van der Waals surface area contributed by atoms with Gasteiger partial charge in [-0.2, -0.15) is 0 Å². The van der Waals surface area contributed by atoms with Crippen molar-refractivity contribution in [3.63, 3.8) is 0 Å². The molecule has 0 amide bonds. The van der Waals surface area contributed by atoms with E-state index in [9.17, 15) is 9.90 Å². The van der Waals surface area contributed by atoms with Crippen LogP contribution in [-0.2, 0) is 11.2 Å². The lowest BCUT2D eigenvalue weighted by molar-refractivity contribution is 0.0599. The zero-order chi connectivity index (χ0) is 13.8. The van der Waals surface area contributed by atoms with Gasteiger partial charge < -0.3 is 14.7 Å². The van der Waals surface area contributed by atoms with E-state index in [1.54, 1.807) is 0 Å². The molecule has 4 nitrogen and oxygen atoms in total. The minimum atomic E-state index is -0.326. The van der Waals surface area contributed by atoms with Crippen LogP contribution >= 0.6 is 0 Å². The fourth-order valence-corrected chi connectivity index (χ4v) is 2.58. The third-order valence-corrected chi connectivity index (χ3v) is 3.65. The van der Waals surface area contributed by atoms with Crippen LogP contribution in [0, 0.1) is 0 Å². The van der Waals surface area contributed by atoms with Crippen molar-refractivity contribution in [2.45, 2.75) is 32.3 Å². The number of carbonyl (C=O) groups excluding carboxylic acids is 1. The molecule has 19 heavy (non-hydrogen) atoms. The number of rotatable bonds is 4. The van der Waals surface area contributed by atoms with E-state index in [4.69, 9.17) is 4.74 Å². The lowest BCUT2D eigenvalue weighted by Gasteiger charge is -2.33. The van der Waals surface area contributed by atoms with E-state index < -0.39 is 0 Å². The van der Waals surface area contributed by atoms with Gasteiger partial charge in [-0.3, -0.25) is 0 Å². The zero-order valence-electron chi connectivity index (χ0n) is 11.6. The number of anilines is 1. The molecule has 0 saturated carbocycles. The number of benzene rings is 1. The van der Waals surface area contributed by atoms with Gasteiger partial charge in [-0.15, -0.1) is 0 Å². The summed E-state index contributed by atoms with van der Waals surface area (Å²) >= 11 is 0. The summed E-state index contributed by atoms with van der Waals surface area (Å²) in [6, 6.07) is 5.70. The van der Waals surface area contributed by atoms with Crippen LogP contribution in [0.15, 0.2) is 18.2 Å². The topological polar surface area (TPSA) is 49.8 Å². The molecule has 0 aromatic heterocycles. The summed E-state index contributed by atoms with van der Waals surface area (Å²) in [5.74, 6) is -0.283. The minimum absolute atomic E-state index is 0.283.